The molecule has 0 aliphatic carbocycles. The summed E-state index contributed by atoms with van der Waals surface area (Å²) < 4.78 is 15.7. The highest BCUT2D eigenvalue weighted by Gasteiger charge is 2.45. The van der Waals surface area contributed by atoms with Crippen LogP contribution in [-0.2, 0) is 38.2 Å². The Labute approximate surface area is 192 Å². The Morgan fingerprint density at radius 1 is 1.06 bits per heavy atom. The maximum atomic E-state index is 12.5. The minimum atomic E-state index is -0.855. The van der Waals surface area contributed by atoms with Gasteiger partial charge in [0, 0.05) is 36.8 Å². The summed E-state index contributed by atoms with van der Waals surface area (Å²) in [5.41, 5.74) is -0.498. The van der Waals surface area contributed by atoms with Crippen LogP contribution in [0.25, 0.3) is 0 Å². The average Bonchev–Trinajstić information content (AvgIpc) is 2.71. The number of hydrogen-bond acceptors (Lipinski definition) is 9. The standard InChI is InChI=1S/C21H32N2O8S/c1-20(2)13-30-21(3,4)31-18(20)19(28)23-9-8-15(25)22-10-11-32-17(27)12-14(24)6-7-16(26)29-5/h6-7,18H,8-13H2,1-5H3,(H,22,25)(H,23,28)/b7-6+/t18-/m0/s1. The fourth-order valence-corrected chi connectivity index (χ4v) is 3.31. The van der Waals surface area contributed by atoms with Crippen molar-refractivity contribution in [3.63, 3.8) is 0 Å². The van der Waals surface area contributed by atoms with Gasteiger partial charge >= 0.3 is 5.97 Å². The van der Waals surface area contributed by atoms with Crippen molar-refractivity contribution in [3.8, 4) is 0 Å². The summed E-state index contributed by atoms with van der Waals surface area (Å²) in [4.78, 5) is 58.5. The fraction of sp³-hybridized carbons (Fsp3) is 0.667. The summed E-state index contributed by atoms with van der Waals surface area (Å²) in [7, 11) is 1.18. The molecule has 2 amide bonds. The van der Waals surface area contributed by atoms with Crippen LogP contribution < -0.4 is 10.6 Å². The van der Waals surface area contributed by atoms with Gasteiger partial charge in [-0.25, -0.2) is 4.79 Å². The average molecular weight is 473 g/mol. The molecular weight excluding hydrogens is 440 g/mol. The molecule has 0 saturated carbocycles. The molecule has 0 bridgehead atoms. The summed E-state index contributed by atoms with van der Waals surface area (Å²) in [5.74, 6) is -2.32. The lowest BCUT2D eigenvalue weighted by Crippen LogP contribution is -2.56. The third-order valence-electron chi connectivity index (χ3n) is 4.40. The predicted octanol–water partition coefficient (Wildman–Crippen LogP) is 0.735. The lowest BCUT2D eigenvalue weighted by Gasteiger charge is -2.44. The molecule has 1 saturated heterocycles. The van der Waals surface area contributed by atoms with E-state index in [4.69, 9.17) is 9.47 Å². The number of esters is 1. The normalized spacial score (nSPS) is 19.2. The first-order valence-corrected chi connectivity index (χ1v) is 11.2. The van der Waals surface area contributed by atoms with Crippen LogP contribution >= 0.6 is 11.8 Å². The molecule has 0 spiro atoms. The number of thioether (sulfide) groups is 1. The highest BCUT2D eigenvalue weighted by atomic mass is 32.2. The summed E-state index contributed by atoms with van der Waals surface area (Å²) in [6.45, 7) is 8.00. The summed E-state index contributed by atoms with van der Waals surface area (Å²) in [6.07, 6.45) is 0.985. The van der Waals surface area contributed by atoms with Gasteiger partial charge in [-0.1, -0.05) is 25.6 Å². The van der Waals surface area contributed by atoms with Crippen LogP contribution in [0, 0.1) is 5.41 Å². The minimum Gasteiger partial charge on any atom is -0.466 e. The summed E-state index contributed by atoms with van der Waals surface area (Å²) in [5, 5.41) is 4.99. The van der Waals surface area contributed by atoms with Crippen LogP contribution in [0.2, 0.25) is 0 Å². The molecule has 1 atom stereocenters. The van der Waals surface area contributed by atoms with E-state index in [9.17, 15) is 24.0 Å². The maximum Gasteiger partial charge on any atom is 0.330 e. The van der Waals surface area contributed by atoms with E-state index in [0.29, 0.717) is 12.4 Å². The Morgan fingerprint density at radius 3 is 2.41 bits per heavy atom. The molecule has 0 aromatic carbocycles. The molecule has 1 fully saturated rings. The lowest BCUT2D eigenvalue weighted by atomic mass is 9.85. The van der Waals surface area contributed by atoms with Gasteiger partial charge in [0.25, 0.3) is 0 Å². The fourth-order valence-electron chi connectivity index (χ4n) is 2.64. The van der Waals surface area contributed by atoms with E-state index in [1.54, 1.807) is 13.8 Å². The number of carbonyl (C=O) groups excluding carboxylic acids is 5. The number of hydrogen-bond donors (Lipinski definition) is 2. The van der Waals surface area contributed by atoms with E-state index in [1.165, 1.54) is 7.11 Å². The summed E-state index contributed by atoms with van der Waals surface area (Å²) in [6, 6.07) is 0. The lowest BCUT2D eigenvalue weighted by molar-refractivity contribution is -0.304. The summed E-state index contributed by atoms with van der Waals surface area (Å²) >= 11 is 0.911. The van der Waals surface area contributed by atoms with Crippen LogP contribution in [0.5, 0.6) is 0 Å². The van der Waals surface area contributed by atoms with Gasteiger partial charge in [-0.3, -0.25) is 19.2 Å². The van der Waals surface area contributed by atoms with Crippen molar-refractivity contribution < 1.29 is 38.2 Å². The molecule has 2 N–H and O–H groups in total. The molecule has 0 unspecified atom stereocenters. The van der Waals surface area contributed by atoms with Crippen LogP contribution in [0.4, 0.5) is 0 Å². The van der Waals surface area contributed by atoms with Crippen LogP contribution in [-0.4, -0.2) is 73.1 Å². The second-order valence-corrected chi connectivity index (χ2v) is 9.44. The van der Waals surface area contributed by atoms with Gasteiger partial charge in [0.15, 0.2) is 16.7 Å². The number of ketones is 1. The van der Waals surface area contributed by atoms with Crippen LogP contribution in [0.15, 0.2) is 12.2 Å². The monoisotopic (exact) mass is 472 g/mol. The molecule has 32 heavy (non-hydrogen) atoms. The van der Waals surface area contributed by atoms with Gasteiger partial charge in [-0.05, 0) is 19.9 Å². The van der Waals surface area contributed by atoms with Gasteiger partial charge in [0.05, 0.1) is 20.1 Å². The topological polar surface area (TPSA) is 137 Å². The van der Waals surface area contributed by atoms with E-state index in [0.717, 1.165) is 23.9 Å². The Morgan fingerprint density at radius 2 is 1.75 bits per heavy atom. The molecule has 11 heteroatoms. The minimum absolute atomic E-state index is 0.0776. The van der Waals surface area contributed by atoms with Gasteiger partial charge in [-0.15, -0.1) is 0 Å². The second kappa shape index (κ2) is 12.7. The van der Waals surface area contributed by atoms with E-state index in [2.05, 4.69) is 15.4 Å². The zero-order valence-corrected chi connectivity index (χ0v) is 20.0. The molecule has 1 aliphatic heterocycles. The van der Waals surface area contributed by atoms with E-state index >= 15 is 0 Å². The molecule has 1 aliphatic rings. The van der Waals surface area contributed by atoms with Gasteiger partial charge in [0.2, 0.25) is 11.8 Å². The maximum absolute atomic E-state index is 12.5. The number of carbonyl (C=O) groups is 5. The largest absolute Gasteiger partial charge is 0.466 e. The Bertz CT molecular complexity index is 748. The molecule has 1 rings (SSSR count). The van der Waals surface area contributed by atoms with E-state index in [-0.39, 0.29) is 42.9 Å². The molecule has 1 heterocycles. The predicted molar refractivity (Wildman–Crippen MR) is 118 cm³/mol. The molecule has 180 valence electrons. The molecule has 0 aromatic heterocycles. The quantitative estimate of drug-likeness (QED) is 0.193. The van der Waals surface area contributed by atoms with Crippen molar-refractivity contribution >= 4 is 40.4 Å². The van der Waals surface area contributed by atoms with Crippen molar-refractivity contribution in [2.45, 2.75) is 52.4 Å². The first-order chi connectivity index (χ1) is 14.9. The molecule has 10 nitrogen and oxygen atoms in total. The number of methoxy groups -OCH3 is 1. The third kappa shape index (κ3) is 10.4. The van der Waals surface area contributed by atoms with Crippen LogP contribution in [0.1, 0.15) is 40.5 Å². The van der Waals surface area contributed by atoms with Crippen molar-refractivity contribution in [2.75, 3.05) is 32.6 Å². The number of nitrogens with one attached hydrogen (secondary N) is 2. The number of ether oxygens (including phenoxy) is 3. The highest BCUT2D eigenvalue weighted by Crippen LogP contribution is 2.34. The Kier molecular flexibility index (Phi) is 11.0. The van der Waals surface area contributed by atoms with Crippen molar-refractivity contribution in [1.82, 2.24) is 10.6 Å². The number of rotatable bonds is 11. The molecule has 0 aromatic rings. The Balaban J connectivity index is 2.23. The first-order valence-electron chi connectivity index (χ1n) is 10.2. The number of allylic oxidation sites excluding steroid dienone is 1. The van der Waals surface area contributed by atoms with Gasteiger partial charge < -0.3 is 24.8 Å². The van der Waals surface area contributed by atoms with Crippen molar-refractivity contribution in [2.24, 2.45) is 5.41 Å². The van der Waals surface area contributed by atoms with E-state index in [1.807, 2.05) is 13.8 Å². The van der Waals surface area contributed by atoms with Gasteiger partial charge in [0.1, 0.15) is 6.10 Å². The zero-order chi connectivity index (χ0) is 24.4. The smallest absolute Gasteiger partial charge is 0.330 e. The number of amides is 2. The van der Waals surface area contributed by atoms with Crippen molar-refractivity contribution in [3.05, 3.63) is 12.2 Å². The van der Waals surface area contributed by atoms with E-state index < -0.39 is 29.1 Å². The van der Waals surface area contributed by atoms with Crippen LogP contribution in [0.3, 0.4) is 0 Å². The van der Waals surface area contributed by atoms with Gasteiger partial charge in [-0.2, -0.15) is 0 Å². The van der Waals surface area contributed by atoms with Crippen molar-refractivity contribution in [1.29, 1.82) is 0 Å². The Hall–Kier alpha value is -2.24. The zero-order valence-electron chi connectivity index (χ0n) is 19.1. The molecular formula is C21H32N2O8S. The SMILES string of the molecule is COC(=O)/C=C/C(=O)CC(=O)SCCNC(=O)CCNC(=O)[C@@H]1OC(C)(C)OCC1(C)C. The third-order valence-corrected chi connectivity index (χ3v) is 5.28. The second-order valence-electron chi connectivity index (χ2n) is 8.29. The molecule has 0 radical (unpaired) electrons. The highest BCUT2D eigenvalue weighted by molar-refractivity contribution is 8.13. The first kappa shape index (κ1) is 27.8.